The first kappa shape index (κ1) is 12.5. The summed E-state index contributed by atoms with van der Waals surface area (Å²) in [6.07, 6.45) is -0.579. The van der Waals surface area contributed by atoms with E-state index in [0.29, 0.717) is 13.2 Å². The van der Waals surface area contributed by atoms with Gasteiger partial charge in [0.15, 0.2) is 0 Å². The van der Waals surface area contributed by atoms with E-state index in [4.69, 9.17) is 9.47 Å². The molecule has 0 aliphatic carbocycles. The van der Waals surface area contributed by atoms with Gasteiger partial charge in [-0.15, -0.1) is 0 Å². The molecule has 0 fully saturated rings. The van der Waals surface area contributed by atoms with Crippen molar-refractivity contribution in [2.75, 3.05) is 25.2 Å². The third-order valence-electron chi connectivity index (χ3n) is 1.72. The summed E-state index contributed by atoms with van der Waals surface area (Å²) in [5, 5.41) is 10.2. The lowest BCUT2D eigenvalue weighted by atomic mass is 10.3. The van der Waals surface area contributed by atoms with Crippen LogP contribution in [-0.2, 0) is 4.74 Å². The molecule has 0 radical (unpaired) electrons. The van der Waals surface area contributed by atoms with Gasteiger partial charge in [0.25, 0.3) is 0 Å². The minimum Gasteiger partial charge on any atom is -0.491 e. The highest BCUT2D eigenvalue weighted by molar-refractivity contribution is 9.09. The quantitative estimate of drug-likeness (QED) is 0.609. The Morgan fingerprint density at radius 3 is 2.60 bits per heavy atom. The summed E-state index contributed by atoms with van der Waals surface area (Å²) in [6.45, 7) is 1.16. The maximum Gasteiger partial charge on any atom is 0.119 e. The fourth-order valence-corrected chi connectivity index (χ4v) is 1.26. The van der Waals surface area contributed by atoms with Crippen LogP contribution in [0.4, 0.5) is 0 Å². The normalized spacial score (nSPS) is 12.4. The van der Waals surface area contributed by atoms with Crippen molar-refractivity contribution < 1.29 is 14.6 Å². The molecule has 0 amide bonds. The van der Waals surface area contributed by atoms with Crippen LogP contribution in [0.1, 0.15) is 0 Å². The van der Waals surface area contributed by atoms with Crippen molar-refractivity contribution in [1.29, 1.82) is 0 Å². The Hall–Kier alpha value is -0.580. The van der Waals surface area contributed by atoms with Gasteiger partial charge in [0.2, 0.25) is 0 Å². The van der Waals surface area contributed by atoms with Gasteiger partial charge < -0.3 is 14.6 Å². The van der Waals surface area contributed by atoms with Crippen molar-refractivity contribution in [1.82, 2.24) is 0 Å². The maximum atomic E-state index is 9.47. The van der Waals surface area contributed by atoms with Crippen LogP contribution in [-0.4, -0.2) is 36.4 Å². The highest BCUT2D eigenvalue weighted by Gasteiger charge is 2.04. The molecule has 1 aromatic carbocycles. The molecule has 0 aromatic heterocycles. The van der Waals surface area contributed by atoms with Crippen LogP contribution in [0.3, 0.4) is 0 Å². The first-order valence-electron chi connectivity index (χ1n) is 4.82. The zero-order chi connectivity index (χ0) is 10.9. The standard InChI is InChI=1S/C11H15BrO3/c12-6-7-14-8-10(13)9-15-11-4-2-1-3-5-11/h1-5,10,13H,6-9H2. The van der Waals surface area contributed by atoms with Gasteiger partial charge in [-0.2, -0.15) is 0 Å². The molecule has 15 heavy (non-hydrogen) atoms. The van der Waals surface area contributed by atoms with Crippen molar-refractivity contribution in [3.05, 3.63) is 30.3 Å². The number of alkyl halides is 1. The fraction of sp³-hybridized carbons (Fsp3) is 0.455. The van der Waals surface area contributed by atoms with Crippen LogP contribution in [0, 0.1) is 0 Å². The molecule has 3 nitrogen and oxygen atoms in total. The smallest absolute Gasteiger partial charge is 0.119 e. The molecule has 1 aromatic rings. The number of rotatable bonds is 7. The van der Waals surface area contributed by atoms with E-state index < -0.39 is 6.10 Å². The molecule has 0 aliphatic heterocycles. The van der Waals surface area contributed by atoms with E-state index in [9.17, 15) is 5.11 Å². The average molecular weight is 275 g/mol. The Morgan fingerprint density at radius 2 is 1.93 bits per heavy atom. The van der Waals surface area contributed by atoms with Crippen molar-refractivity contribution in [3.63, 3.8) is 0 Å². The van der Waals surface area contributed by atoms with Gasteiger partial charge in [-0.25, -0.2) is 0 Å². The second-order valence-corrected chi connectivity index (χ2v) is 3.83. The van der Waals surface area contributed by atoms with Crippen LogP contribution in [0.25, 0.3) is 0 Å². The second-order valence-electron chi connectivity index (χ2n) is 3.04. The summed E-state index contributed by atoms with van der Waals surface area (Å²) in [5.41, 5.74) is 0. The minimum absolute atomic E-state index is 0.256. The van der Waals surface area contributed by atoms with Gasteiger partial charge in [0, 0.05) is 5.33 Å². The molecule has 84 valence electrons. The van der Waals surface area contributed by atoms with E-state index in [1.165, 1.54) is 0 Å². The highest BCUT2D eigenvalue weighted by atomic mass is 79.9. The molecule has 0 heterocycles. The zero-order valence-corrected chi connectivity index (χ0v) is 10.0. The maximum absolute atomic E-state index is 9.47. The van der Waals surface area contributed by atoms with Crippen molar-refractivity contribution in [3.8, 4) is 5.75 Å². The third kappa shape index (κ3) is 5.77. The molecule has 1 atom stereocenters. The Kier molecular flexibility index (Phi) is 6.39. The summed E-state index contributed by atoms with van der Waals surface area (Å²) < 4.78 is 10.5. The molecule has 0 spiro atoms. The first-order valence-corrected chi connectivity index (χ1v) is 5.94. The van der Waals surface area contributed by atoms with E-state index in [1.54, 1.807) is 0 Å². The number of hydrogen-bond donors (Lipinski definition) is 1. The molecule has 0 saturated carbocycles. The van der Waals surface area contributed by atoms with E-state index >= 15 is 0 Å². The van der Waals surface area contributed by atoms with Crippen molar-refractivity contribution in [2.24, 2.45) is 0 Å². The van der Waals surface area contributed by atoms with E-state index in [2.05, 4.69) is 15.9 Å². The summed E-state index contributed by atoms with van der Waals surface area (Å²) in [7, 11) is 0. The summed E-state index contributed by atoms with van der Waals surface area (Å²) >= 11 is 3.24. The van der Waals surface area contributed by atoms with E-state index in [0.717, 1.165) is 11.1 Å². The van der Waals surface area contributed by atoms with Crippen molar-refractivity contribution in [2.45, 2.75) is 6.10 Å². The van der Waals surface area contributed by atoms with Crippen LogP contribution < -0.4 is 4.74 Å². The number of aliphatic hydroxyl groups excluding tert-OH is 1. The van der Waals surface area contributed by atoms with Crippen LogP contribution in [0.2, 0.25) is 0 Å². The molecule has 1 rings (SSSR count). The summed E-state index contributed by atoms with van der Waals surface area (Å²) in [5.74, 6) is 0.761. The van der Waals surface area contributed by atoms with Gasteiger partial charge >= 0.3 is 0 Å². The van der Waals surface area contributed by atoms with Gasteiger partial charge in [0.1, 0.15) is 18.5 Å². The largest absolute Gasteiger partial charge is 0.491 e. The summed E-state index contributed by atoms with van der Waals surface area (Å²) in [4.78, 5) is 0. The zero-order valence-electron chi connectivity index (χ0n) is 8.43. The van der Waals surface area contributed by atoms with Gasteiger partial charge in [0.05, 0.1) is 13.2 Å². The number of aliphatic hydroxyl groups is 1. The SMILES string of the molecule is OC(COCCBr)COc1ccccc1. The predicted molar refractivity (Wildman–Crippen MR) is 62.6 cm³/mol. The lowest BCUT2D eigenvalue weighted by molar-refractivity contribution is 0.0175. The third-order valence-corrected chi connectivity index (χ3v) is 2.04. The lowest BCUT2D eigenvalue weighted by Crippen LogP contribution is -2.23. The number of hydrogen-bond acceptors (Lipinski definition) is 3. The molecule has 0 saturated heterocycles. The van der Waals surface area contributed by atoms with Gasteiger partial charge in [-0.05, 0) is 12.1 Å². The monoisotopic (exact) mass is 274 g/mol. The van der Waals surface area contributed by atoms with Gasteiger partial charge in [-0.3, -0.25) is 0 Å². The molecule has 0 bridgehead atoms. The number of ether oxygens (including phenoxy) is 2. The molecule has 0 aliphatic rings. The second kappa shape index (κ2) is 7.68. The van der Waals surface area contributed by atoms with Crippen LogP contribution in [0.15, 0.2) is 30.3 Å². The molecular weight excluding hydrogens is 260 g/mol. The Morgan fingerprint density at radius 1 is 1.20 bits per heavy atom. The van der Waals surface area contributed by atoms with Gasteiger partial charge in [-0.1, -0.05) is 34.1 Å². The number of halogens is 1. The number of benzene rings is 1. The highest BCUT2D eigenvalue weighted by Crippen LogP contribution is 2.08. The topological polar surface area (TPSA) is 38.7 Å². The molecule has 1 N–H and O–H groups in total. The Bertz CT molecular complexity index is 253. The molecule has 1 unspecified atom stereocenters. The minimum atomic E-state index is -0.579. The number of para-hydroxylation sites is 1. The van der Waals surface area contributed by atoms with E-state index in [-0.39, 0.29) is 6.61 Å². The predicted octanol–water partition coefficient (Wildman–Crippen LogP) is 1.84. The fourth-order valence-electron chi connectivity index (χ4n) is 1.03. The first-order chi connectivity index (χ1) is 7.33. The van der Waals surface area contributed by atoms with Crippen LogP contribution >= 0.6 is 15.9 Å². The Balaban J connectivity index is 2.14. The average Bonchev–Trinajstić information content (AvgIpc) is 2.28. The summed E-state index contributed by atoms with van der Waals surface area (Å²) in [6, 6.07) is 9.41. The van der Waals surface area contributed by atoms with Crippen LogP contribution in [0.5, 0.6) is 5.75 Å². The molecule has 4 heteroatoms. The van der Waals surface area contributed by atoms with E-state index in [1.807, 2.05) is 30.3 Å². The lowest BCUT2D eigenvalue weighted by Gasteiger charge is -2.12. The Labute approximate surface area is 98.1 Å². The van der Waals surface area contributed by atoms with Crippen molar-refractivity contribution >= 4 is 15.9 Å². The molecular formula is C11H15BrO3.